The average Bonchev–Trinajstić information content (AvgIpc) is 3.30. The number of fused-ring (bicyclic) bond motifs is 1. The molecule has 2 aliphatic rings. The van der Waals surface area contributed by atoms with E-state index < -0.39 is 6.04 Å². The van der Waals surface area contributed by atoms with Crippen molar-refractivity contribution >= 4 is 41.0 Å². The van der Waals surface area contributed by atoms with Gasteiger partial charge in [-0.3, -0.25) is 9.59 Å². The molecule has 2 amide bonds. The zero-order valence-electron chi connectivity index (χ0n) is 15.5. The summed E-state index contributed by atoms with van der Waals surface area (Å²) in [4.78, 5) is 29.7. The highest BCUT2D eigenvalue weighted by Crippen LogP contribution is 2.34. The third-order valence-electron chi connectivity index (χ3n) is 5.07. The molecule has 3 heterocycles. The van der Waals surface area contributed by atoms with E-state index in [1.54, 1.807) is 28.9 Å². The average molecular weight is 424 g/mol. The number of benzene rings is 2. The van der Waals surface area contributed by atoms with Gasteiger partial charge in [0, 0.05) is 23.6 Å². The van der Waals surface area contributed by atoms with Gasteiger partial charge in [-0.1, -0.05) is 35.9 Å². The topological polar surface area (TPSA) is 80.1 Å². The fourth-order valence-corrected chi connectivity index (χ4v) is 3.70. The first-order chi connectivity index (χ1) is 14.5. The third-order valence-corrected chi connectivity index (χ3v) is 5.32. The lowest BCUT2D eigenvalue weighted by Crippen LogP contribution is -2.29. The second kappa shape index (κ2) is 7.07. The zero-order valence-corrected chi connectivity index (χ0v) is 16.3. The summed E-state index contributed by atoms with van der Waals surface area (Å²) in [6.07, 6.45) is 2.22. The molecule has 0 saturated carbocycles. The number of nitrogens with one attached hydrogen (secondary N) is 1. The van der Waals surface area contributed by atoms with E-state index in [1.807, 2.05) is 18.2 Å². The molecule has 1 saturated heterocycles. The molecule has 0 aliphatic carbocycles. The van der Waals surface area contributed by atoms with Crippen LogP contribution in [0.5, 0.6) is 0 Å². The Morgan fingerprint density at radius 3 is 2.33 bits per heavy atom. The van der Waals surface area contributed by atoms with Crippen LogP contribution in [-0.2, 0) is 9.59 Å². The molecule has 1 aromatic heterocycles. The number of carbonyl (C=O) groups excluding carboxylic acids is 2. The fourth-order valence-electron chi connectivity index (χ4n) is 3.57. The predicted molar refractivity (Wildman–Crippen MR) is 109 cm³/mol. The minimum absolute atomic E-state index is 0.0304. The molecule has 3 aromatic rings. The molecule has 1 N–H and O–H groups in total. The highest BCUT2D eigenvalue weighted by molar-refractivity contribution is 6.30. The van der Waals surface area contributed by atoms with Crippen molar-refractivity contribution in [3.8, 4) is 0 Å². The van der Waals surface area contributed by atoms with Crippen molar-refractivity contribution in [3.05, 3.63) is 76.6 Å². The number of imide groups is 1. The van der Waals surface area contributed by atoms with Crippen molar-refractivity contribution < 1.29 is 14.0 Å². The van der Waals surface area contributed by atoms with Crippen molar-refractivity contribution in [2.45, 2.75) is 18.9 Å². The third kappa shape index (κ3) is 3.15. The summed E-state index contributed by atoms with van der Waals surface area (Å²) in [5.41, 5.74) is 2.41. The molecule has 0 radical (unpaired) electrons. The lowest BCUT2D eigenvalue weighted by atomic mass is 10.0. The number of aromatic nitrogens is 3. The van der Waals surface area contributed by atoms with Gasteiger partial charge in [-0.05, 0) is 41.5 Å². The van der Waals surface area contributed by atoms with E-state index in [-0.39, 0.29) is 36.4 Å². The highest BCUT2D eigenvalue weighted by atomic mass is 35.5. The lowest BCUT2D eigenvalue weighted by molar-refractivity contribution is -0.121. The number of allylic oxidation sites excluding steroid dienone is 1. The lowest BCUT2D eigenvalue weighted by Gasteiger charge is -2.24. The number of nitrogens with zero attached hydrogens (tertiary/aromatic N) is 4. The molecule has 1 fully saturated rings. The Bertz CT molecular complexity index is 1170. The van der Waals surface area contributed by atoms with Gasteiger partial charge in [-0.25, -0.2) is 14.0 Å². The van der Waals surface area contributed by atoms with Crippen molar-refractivity contribution in [2.24, 2.45) is 0 Å². The molecule has 9 heteroatoms. The van der Waals surface area contributed by atoms with Gasteiger partial charge in [-0.15, -0.1) is 5.10 Å². The van der Waals surface area contributed by atoms with E-state index in [9.17, 15) is 14.0 Å². The minimum Gasteiger partial charge on any atom is -0.324 e. The Morgan fingerprint density at radius 1 is 1.00 bits per heavy atom. The standard InChI is InChI=1S/C21H15ClFN5O2/c22-14-5-1-12(2-6-14)16-11-17(13-3-7-15(23)8-4-13)28-20(24-16)25-21(26-28)27-18(29)9-10-19(27)30/h1-8,11,17H,9-10H2,(H,24,25,26)/t17-/m0/s1. The van der Waals surface area contributed by atoms with Crippen LogP contribution < -0.4 is 10.2 Å². The van der Waals surface area contributed by atoms with E-state index >= 15 is 0 Å². The number of rotatable bonds is 3. The van der Waals surface area contributed by atoms with E-state index in [0.29, 0.717) is 11.0 Å². The largest absolute Gasteiger partial charge is 0.324 e. The summed E-state index contributed by atoms with van der Waals surface area (Å²) in [6, 6.07) is 12.9. The van der Waals surface area contributed by atoms with Crippen LogP contribution in [0.4, 0.5) is 16.3 Å². The Hall–Kier alpha value is -3.52. The Labute approximate surface area is 175 Å². The predicted octanol–water partition coefficient (Wildman–Crippen LogP) is 3.78. The second-order valence-corrected chi connectivity index (χ2v) is 7.45. The first kappa shape index (κ1) is 18.5. The Balaban J connectivity index is 1.61. The highest BCUT2D eigenvalue weighted by Gasteiger charge is 2.35. The number of amides is 2. The smallest absolute Gasteiger partial charge is 0.260 e. The number of halogens is 2. The number of carbonyl (C=O) groups is 2. The molecule has 2 aromatic carbocycles. The monoisotopic (exact) mass is 423 g/mol. The molecule has 0 unspecified atom stereocenters. The van der Waals surface area contributed by atoms with Gasteiger partial charge < -0.3 is 5.32 Å². The molecule has 1 atom stereocenters. The summed E-state index contributed by atoms with van der Waals surface area (Å²) in [6.45, 7) is 0. The number of anilines is 2. The first-order valence-electron chi connectivity index (χ1n) is 9.32. The van der Waals surface area contributed by atoms with Crippen LogP contribution in [0, 0.1) is 5.82 Å². The zero-order chi connectivity index (χ0) is 20.8. The molecule has 150 valence electrons. The van der Waals surface area contributed by atoms with Crippen molar-refractivity contribution in [1.82, 2.24) is 14.8 Å². The van der Waals surface area contributed by atoms with E-state index in [0.717, 1.165) is 21.7 Å². The molecule has 0 spiro atoms. The van der Waals surface area contributed by atoms with Gasteiger partial charge in [0.15, 0.2) is 0 Å². The van der Waals surface area contributed by atoms with Gasteiger partial charge in [-0.2, -0.15) is 4.98 Å². The number of hydrogen-bond acceptors (Lipinski definition) is 5. The Kier molecular flexibility index (Phi) is 4.36. The summed E-state index contributed by atoms with van der Waals surface area (Å²) in [5.74, 6) is -0.594. The first-order valence-corrected chi connectivity index (χ1v) is 9.70. The summed E-state index contributed by atoms with van der Waals surface area (Å²) in [5, 5.41) is 8.24. The van der Waals surface area contributed by atoms with Gasteiger partial charge in [0.05, 0.1) is 0 Å². The van der Waals surface area contributed by atoms with Crippen LogP contribution in [-0.4, -0.2) is 26.6 Å². The Morgan fingerprint density at radius 2 is 1.67 bits per heavy atom. The second-order valence-electron chi connectivity index (χ2n) is 7.01. The number of hydrogen-bond donors (Lipinski definition) is 1. The summed E-state index contributed by atoms with van der Waals surface area (Å²) in [7, 11) is 0. The van der Waals surface area contributed by atoms with Crippen molar-refractivity contribution in [2.75, 3.05) is 10.2 Å². The van der Waals surface area contributed by atoms with Crippen molar-refractivity contribution in [1.29, 1.82) is 0 Å². The van der Waals surface area contributed by atoms with E-state index in [4.69, 9.17) is 11.6 Å². The fraction of sp³-hybridized carbons (Fsp3) is 0.143. The van der Waals surface area contributed by atoms with Crippen LogP contribution in [0.15, 0.2) is 54.6 Å². The summed E-state index contributed by atoms with van der Waals surface area (Å²) >= 11 is 6.00. The molecular weight excluding hydrogens is 409 g/mol. The summed E-state index contributed by atoms with van der Waals surface area (Å²) < 4.78 is 15.1. The van der Waals surface area contributed by atoms with Crippen LogP contribution in [0.3, 0.4) is 0 Å². The van der Waals surface area contributed by atoms with Gasteiger partial charge >= 0.3 is 0 Å². The maximum absolute atomic E-state index is 13.5. The minimum atomic E-state index is -0.415. The van der Waals surface area contributed by atoms with Gasteiger partial charge in [0.25, 0.3) is 5.95 Å². The molecular formula is C21H15ClFN5O2. The van der Waals surface area contributed by atoms with Gasteiger partial charge in [0.2, 0.25) is 17.8 Å². The quantitative estimate of drug-likeness (QED) is 0.648. The van der Waals surface area contributed by atoms with Crippen molar-refractivity contribution in [3.63, 3.8) is 0 Å². The van der Waals surface area contributed by atoms with Gasteiger partial charge in [0.1, 0.15) is 11.9 Å². The maximum atomic E-state index is 13.5. The maximum Gasteiger partial charge on any atom is 0.260 e. The molecule has 2 aliphatic heterocycles. The van der Waals surface area contributed by atoms with Crippen LogP contribution in [0.2, 0.25) is 5.02 Å². The van der Waals surface area contributed by atoms with E-state index in [1.165, 1.54) is 12.1 Å². The van der Waals surface area contributed by atoms with Crippen LogP contribution in [0.25, 0.3) is 5.70 Å². The van der Waals surface area contributed by atoms with Crippen LogP contribution >= 0.6 is 11.6 Å². The molecule has 30 heavy (non-hydrogen) atoms. The molecule has 0 bridgehead atoms. The normalized spacial score (nSPS) is 18.3. The van der Waals surface area contributed by atoms with E-state index in [2.05, 4.69) is 15.4 Å². The van der Waals surface area contributed by atoms with Crippen LogP contribution in [0.1, 0.15) is 30.0 Å². The molecule has 7 nitrogen and oxygen atoms in total. The SMILES string of the molecule is O=C1CCC(=O)N1c1nc2n(n1)[C@H](c1ccc(F)cc1)C=C(c1ccc(Cl)cc1)N2. The molecule has 5 rings (SSSR count).